The molecule has 3 N–H and O–H groups in total. The van der Waals surface area contributed by atoms with Crippen molar-refractivity contribution in [2.24, 2.45) is 0 Å². The van der Waals surface area contributed by atoms with E-state index in [1.54, 1.807) is 12.1 Å². The molecule has 1 atom stereocenters. The van der Waals surface area contributed by atoms with E-state index in [1.807, 2.05) is 0 Å². The van der Waals surface area contributed by atoms with Crippen LogP contribution >= 0.6 is 0 Å². The van der Waals surface area contributed by atoms with E-state index >= 15 is 0 Å². The second-order valence-electron chi connectivity index (χ2n) is 4.71. The van der Waals surface area contributed by atoms with Gasteiger partial charge in [-0.3, -0.25) is 4.79 Å². The first-order valence-corrected chi connectivity index (χ1v) is 6.10. The molecule has 0 bridgehead atoms. The molecule has 0 aliphatic carbocycles. The molecule has 0 amide bonds. The van der Waals surface area contributed by atoms with Crippen molar-refractivity contribution in [3.63, 3.8) is 0 Å². The number of aromatic hydroxyl groups is 3. The lowest BCUT2D eigenvalue weighted by molar-refractivity contribution is -0.137. The molecule has 2 aromatic rings. The monoisotopic (exact) mass is 272 g/mol. The summed E-state index contributed by atoms with van der Waals surface area (Å²) in [5.74, 6) is -0.950. The first-order chi connectivity index (χ1) is 9.54. The Morgan fingerprint density at radius 2 is 1.70 bits per heavy atom. The highest BCUT2D eigenvalue weighted by Crippen LogP contribution is 2.40. The highest BCUT2D eigenvalue weighted by Gasteiger charge is 2.32. The number of rotatable bonds is 1. The van der Waals surface area contributed by atoms with Crippen LogP contribution in [0.3, 0.4) is 0 Å². The molecule has 0 saturated carbocycles. The van der Waals surface area contributed by atoms with Gasteiger partial charge in [0, 0.05) is 17.7 Å². The second kappa shape index (κ2) is 4.45. The van der Waals surface area contributed by atoms with Crippen molar-refractivity contribution in [2.75, 3.05) is 0 Å². The summed E-state index contributed by atoms with van der Waals surface area (Å²) in [6.07, 6.45) is 0.283. The highest BCUT2D eigenvalue weighted by atomic mass is 16.5. The summed E-state index contributed by atoms with van der Waals surface area (Å²) in [5, 5.41) is 28.5. The lowest BCUT2D eigenvalue weighted by Gasteiger charge is -2.24. The van der Waals surface area contributed by atoms with Gasteiger partial charge in [-0.15, -0.1) is 0 Å². The van der Waals surface area contributed by atoms with Crippen molar-refractivity contribution < 1.29 is 24.9 Å². The van der Waals surface area contributed by atoms with E-state index in [-0.39, 0.29) is 29.4 Å². The molecule has 0 fully saturated rings. The molecule has 5 heteroatoms. The zero-order valence-corrected chi connectivity index (χ0v) is 10.4. The number of ether oxygens (including phenoxy) is 1. The molecule has 1 aliphatic rings. The van der Waals surface area contributed by atoms with Crippen molar-refractivity contribution in [1.82, 2.24) is 0 Å². The van der Waals surface area contributed by atoms with Crippen LogP contribution in [-0.2, 0) is 11.2 Å². The number of phenols is 3. The van der Waals surface area contributed by atoms with Gasteiger partial charge in [-0.1, -0.05) is 12.1 Å². The SMILES string of the molecule is O=C1Oc2cc(O)cc(O)c2CC1c1ccc(O)cc1. The van der Waals surface area contributed by atoms with Crippen molar-refractivity contribution in [3.05, 3.63) is 47.5 Å². The number of carbonyl (C=O) groups excluding carboxylic acids is 1. The fraction of sp³-hybridized carbons (Fsp3) is 0.133. The van der Waals surface area contributed by atoms with E-state index in [1.165, 1.54) is 24.3 Å². The Morgan fingerprint density at radius 1 is 1.00 bits per heavy atom. The third-order valence-electron chi connectivity index (χ3n) is 3.37. The minimum Gasteiger partial charge on any atom is -0.508 e. The van der Waals surface area contributed by atoms with Gasteiger partial charge in [0.1, 0.15) is 23.0 Å². The molecule has 3 rings (SSSR count). The Morgan fingerprint density at radius 3 is 2.40 bits per heavy atom. The van der Waals surface area contributed by atoms with E-state index in [0.29, 0.717) is 11.1 Å². The summed E-state index contributed by atoms with van der Waals surface area (Å²) in [6, 6.07) is 8.79. The van der Waals surface area contributed by atoms with Crippen LogP contribution in [0.4, 0.5) is 0 Å². The average molecular weight is 272 g/mol. The molecule has 102 valence electrons. The van der Waals surface area contributed by atoms with Gasteiger partial charge >= 0.3 is 5.97 Å². The van der Waals surface area contributed by atoms with E-state index in [2.05, 4.69) is 0 Å². The van der Waals surface area contributed by atoms with Crippen LogP contribution in [0.5, 0.6) is 23.0 Å². The standard InChI is InChI=1S/C15H12O5/c16-9-3-1-8(2-4-9)11-7-12-13(18)5-10(17)6-14(12)20-15(11)19/h1-6,11,16-18H,7H2. The molecule has 2 aromatic carbocycles. The maximum Gasteiger partial charge on any atom is 0.319 e. The molecular weight excluding hydrogens is 260 g/mol. The number of hydrogen-bond acceptors (Lipinski definition) is 5. The van der Waals surface area contributed by atoms with Gasteiger partial charge < -0.3 is 20.1 Å². The van der Waals surface area contributed by atoms with Crippen LogP contribution in [-0.4, -0.2) is 21.3 Å². The number of hydrogen-bond donors (Lipinski definition) is 3. The summed E-state index contributed by atoms with van der Waals surface area (Å²) in [4.78, 5) is 12.0. The van der Waals surface area contributed by atoms with Crippen LogP contribution in [0.1, 0.15) is 17.0 Å². The molecule has 0 spiro atoms. The number of phenolic OH excluding ortho intramolecular Hbond substituents is 3. The van der Waals surface area contributed by atoms with Crippen molar-refractivity contribution in [1.29, 1.82) is 0 Å². The smallest absolute Gasteiger partial charge is 0.319 e. The highest BCUT2D eigenvalue weighted by molar-refractivity contribution is 5.83. The largest absolute Gasteiger partial charge is 0.508 e. The van der Waals surface area contributed by atoms with Crippen molar-refractivity contribution in [3.8, 4) is 23.0 Å². The predicted molar refractivity (Wildman–Crippen MR) is 70.0 cm³/mol. The first-order valence-electron chi connectivity index (χ1n) is 6.10. The number of fused-ring (bicyclic) bond motifs is 1. The van der Waals surface area contributed by atoms with Gasteiger partial charge in [-0.05, 0) is 24.1 Å². The Bertz CT molecular complexity index is 675. The fourth-order valence-electron chi connectivity index (χ4n) is 2.34. The Hall–Kier alpha value is -2.69. The lowest BCUT2D eigenvalue weighted by Crippen LogP contribution is -2.25. The first kappa shape index (κ1) is 12.3. The van der Waals surface area contributed by atoms with Crippen LogP contribution < -0.4 is 4.74 Å². The van der Waals surface area contributed by atoms with E-state index < -0.39 is 11.9 Å². The number of carbonyl (C=O) groups is 1. The summed E-state index contributed by atoms with van der Waals surface area (Å²) < 4.78 is 5.17. The fourth-order valence-corrected chi connectivity index (χ4v) is 2.34. The molecule has 20 heavy (non-hydrogen) atoms. The lowest BCUT2D eigenvalue weighted by atomic mass is 9.89. The second-order valence-corrected chi connectivity index (χ2v) is 4.71. The maximum atomic E-state index is 12.0. The van der Waals surface area contributed by atoms with Gasteiger partial charge in [0.25, 0.3) is 0 Å². The molecule has 0 saturated heterocycles. The zero-order valence-electron chi connectivity index (χ0n) is 10.4. The van der Waals surface area contributed by atoms with Gasteiger partial charge in [0.2, 0.25) is 0 Å². The molecule has 0 radical (unpaired) electrons. The third kappa shape index (κ3) is 2.03. The predicted octanol–water partition coefficient (Wildman–Crippen LogP) is 2.05. The number of esters is 1. The minimum absolute atomic E-state index is 0.101. The molecule has 0 aromatic heterocycles. The molecule has 1 aliphatic heterocycles. The van der Waals surface area contributed by atoms with Gasteiger partial charge in [-0.25, -0.2) is 0 Å². The topological polar surface area (TPSA) is 87.0 Å². The zero-order chi connectivity index (χ0) is 14.3. The van der Waals surface area contributed by atoms with Crippen LogP contribution in [0, 0.1) is 0 Å². The molecule has 1 heterocycles. The van der Waals surface area contributed by atoms with Crippen molar-refractivity contribution >= 4 is 5.97 Å². The molecular formula is C15H12O5. The van der Waals surface area contributed by atoms with Crippen LogP contribution in [0.2, 0.25) is 0 Å². The Balaban J connectivity index is 2.00. The maximum absolute atomic E-state index is 12.0. The molecule has 1 unspecified atom stereocenters. The van der Waals surface area contributed by atoms with Gasteiger partial charge in [0.15, 0.2) is 0 Å². The summed E-state index contributed by atoms with van der Waals surface area (Å²) in [7, 11) is 0. The third-order valence-corrected chi connectivity index (χ3v) is 3.37. The van der Waals surface area contributed by atoms with Gasteiger partial charge in [0.05, 0.1) is 5.92 Å². The van der Waals surface area contributed by atoms with E-state index in [9.17, 15) is 20.1 Å². The quantitative estimate of drug-likeness (QED) is 0.546. The Kier molecular flexibility index (Phi) is 2.75. The van der Waals surface area contributed by atoms with Crippen LogP contribution in [0.25, 0.3) is 0 Å². The summed E-state index contributed by atoms with van der Waals surface area (Å²) >= 11 is 0. The minimum atomic E-state index is -0.543. The number of benzene rings is 2. The van der Waals surface area contributed by atoms with Gasteiger partial charge in [-0.2, -0.15) is 0 Å². The normalized spacial score (nSPS) is 17.4. The van der Waals surface area contributed by atoms with E-state index in [4.69, 9.17) is 4.74 Å². The molecule has 5 nitrogen and oxygen atoms in total. The van der Waals surface area contributed by atoms with Crippen LogP contribution in [0.15, 0.2) is 36.4 Å². The Labute approximate surface area is 114 Å². The van der Waals surface area contributed by atoms with E-state index in [0.717, 1.165) is 0 Å². The summed E-state index contributed by atoms with van der Waals surface area (Å²) in [5.41, 5.74) is 1.19. The average Bonchev–Trinajstić information content (AvgIpc) is 2.39. The van der Waals surface area contributed by atoms with Crippen molar-refractivity contribution in [2.45, 2.75) is 12.3 Å². The summed E-state index contributed by atoms with van der Waals surface area (Å²) in [6.45, 7) is 0.